The normalized spacial score (nSPS) is 33.7. The van der Waals surface area contributed by atoms with Crippen LogP contribution in [0.1, 0.15) is 37.3 Å². The summed E-state index contributed by atoms with van der Waals surface area (Å²) < 4.78 is 18.3. The van der Waals surface area contributed by atoms with Crippen molar-refractivity contribution in [3.63, 3.8) is 0 Å². The third-order valence-electron chi connectivity index (χ3n) is 7.47. The van der Waals surface area contributed by atoms with Gasteiger partial charge in [0.2, 0.25) is 0 Å². The molecule has 0 aromatic heterocycles. The first-order valence-corrected chi connectivity index (χ1v) is 12.1. The van der Waals surface area contributed by atoms with Crippen LogP contribution < -0.4 is 0 Å². The van der Waals surface area contributed by atoms with E-state index in [2.05, 4.69) is 0 Å². The van der Waals surface area contributed by atoms with Gasteiger partial charge in [-0.15, -0.1) is 0 Å². The molecule has 1 saturated carbocycles. The lowest BCUT2D eigenvalue weighted by atomic mass is 9.55. The number of carbonyl (C=O) groups excluding carboxylic acids is 2. The first-order valence-electron chi connectivity index (χ1n) is 12.1. The zero-order valence-corrected chi connectivity index (χ0v) is 19.6. The van der Waals surface area contributed by atoms with Gasteiger partial charge in [-0.1, -0.05) is 80.1 Å². The Morgan fingerprint density at radius 3 is 2.14 bits per heavy atom. The van der Waals surface area contributed by atoms with Gasteiger partial charge in [0.05, 0.1) is 19.1 Å². The fourth-order valence-corrected chi connectivity index (χ4v) is 5.85. The highest BCUT2D eigenvalue weighted by molar-refractivity contribution is 6.01. The minimum Gasteiger partial charge on any atom is -0.455 e. The molecule has 3 aliphatic rings. The minimum atomic E-state index is -2.22. The number of allylic oxidation sites excluding steroid dienone is 1. The first-order chi connectivity index (χ1) is 16.9. The molecule has 2 fully saturated rings. The van der Waals surface area contributed by atoms with E-state index in [4.69, 9.17) is 14.2 Å². The van der Waals surface area contributed by atoms with Crippen molar-refractivity contribution in [2.45, 2.75) is 68.9 Å². The van der Waals surface area contributed by atoms with Crippen molar-refractivity contribution >= 4 is 11.8 Å². The fraction of sp³-hybridized carbons (Fsp3) is 0.429. The number of esters is 1. The highest BCUT2D eigenvalue weighted by Gasteiger charge is 2.75. The molecule has 7 heteroatoms. The van der Waals surface area contributed by atoms with Crippen molar-refractivity contribution in [2.24, 2.45) is 5.92 Å². The number of hydrogen-bond acceptors (Lipinski definition) is 7. The average Bonchev–Trinajstić information content (AvgIpc) is 3.21. The summed E-state index contributed by atoms with van der Waals surface area (Å²) in [5.41, 5.74) is -2.22. The van der Waals surface area contributed by atoms with Crippen LogP contribution in [0.15, 0.2) is 72.3 Å². The Balaban J connectivity index is 1.57. The molecule has 35 heavy (non-hydrogen) atoms. The van der Waals surface area contributed by atoms with Gasteiger partial charge < -0.3 is 24.4 Å². The molecule has 7 nitrogen and oxygen atoms in total. The van der Waals surface area contributed by atoms with Gasteiger partial charge in [-0.05, 0) is 17.5 Å². The second kappa shape index (κ2) is 9.32. The van der Waals surface area contributed by atoms with E-state index in [-0.39, 0.29) is 31.6 Å². The van der Waals surface area contributed by atoms with Crippen LogP contribution in [0.4, 0.5) is 0 Å². The molecule has 0 amide bonds. The summed E-state index contributed by atoms with van der Waals surface area (Å²) in [6, 6.07) is 18.9. The Morgan fingerprint density at radius 2 is 1.54 bits per heavy atom. The highest BCUT2D eigenvalue weighted by Crippen LogP contribution is 2.55. The lowest BCUT2D eigenvalue weighted by Crippen LogP contribution is -2.78. The molecule has 0 bridgehead atoms. The van der Waals surface area contributed by atoms with Crippen LogP contribution >= 0.6 is 0 Å². The van der Waals surface area contributed by atoms with E-state index in [1.54, 1.807) is 0 Å². The molecule has 0 unspecified atom stereocenters. The van der Waals surface area contributed by atoms with Crippen LogP contribution in [0.3, 0.4) is 0 Å². The van der Waals surface area contributed by atoms with Crippen LogP contribution in [-0.4, -0.2) is 51.5 Å². The molecule has 1 aliphatic heterocycles. The summed E-state index contributed by atoms with van der Waals surface area (Å²) in [5, 5.41) is 24.2. The van der Waals surface area contributed by atoms with Crippen molar-refractivity contribution in [1.82, 2.24) is 0 Å². The molecule has 1 saturated heterocycles. The Labute approximate surface area is 204 Å². The van der Waals surface area contributed by atoms with Gasteiger partial charge in [0.1, 0.15) is 23.9 Å². The summed E-state index contributed by atoms with van der Waals surface area (Å²) in [6.45, 7) is 2.17. The Morgan fingerprint density at radius 1 is 0.943 bits per heavy atom. The first kappa shape index (κ1) is 23.9. The average molecular weight is 479 g/mol. The molecule has 2 aliphatic carbocycles. The van der Waals surface area contributed by atoms with Crippen LogP contribution in [0.5, 0.6) is 0 Å². The Hall–Kier alpha value is -2.84. The van der Waals surface area contributed by atoms with Crippen LogP contribution in [0.2, 0.25) is 0 Å². The summed E-state index contributed by atoms with van der Waals surface area (Å²) in [7, 11) is 0. The zero-order chi connectivity index (χ0) is 24.6. The predicted octanol–water partition coefficient (Wildman–Crippen LogP) is 2.87. The van der Waals surface area contributed by atoms with Gasteiger partial charge >= 0.3 is 5.97 Å². The zero-order valence-electron chi connectivity index (χ0n) is 19.6. The van der Waals surface area contributed by atoms with Gasteiger partial charge in [0, 0.05) is 12.0 Å². The molecule has 6 atom stereocenters. The van der Waals surface area contributed by atoms with E-state index in [1.165, 1.54) is 6.08 Å². The maximum absolute atomic E-state index is 13.3. The monoisotopic (exact) mass is 478 g/mol. The van der Waals surface area contributed by atoms with Crippen LogP contribution in [-0.2, 0) is 37.0 Å². The quantitative estimate of drug-likeness (QED) is 0.563. The Bertz CT molecular complexity index is 1110. The summed E-state index contributed by atoms with van der Waals surface area (Å²) in [6.07, 6.45) is -1.07. The number of rotatable bonds is 8. The van der Waals surface area contributed by atoms with Crippen molar-refractivity contribution < 1.29 is 34.0 Å². The molecule has 0 spiro atoms. The van der Waals surface area contributed by atoms with Gasteiger partial charge in [-0.25, -0.2) is 4.79 Å². The number of benzene rings is 2. The number of aliphatic hydroxyl groups is 2. The van der Waals surface area contributed by atoms with E-state index < -0.39 is 47.2 Å². The molecule has 1 heterocycles. The Kier molecular flexibility index (Phi) is 6.36. The topological polar surface area (TPSA) is 102 Å². The molecular formula is C28H30O7. The molecule has 184 valence electrons. The van der Waals surface area contributed by atoms with Crippen LogP contribution in [0.25, 0.3) is 0 Å². The van der Waals surface area contributed by atoms with E-state index in [0.29, 0.717) is 6.42 Å². The highest BCUT2D eigenvalue weighted by atomic mass is 16.6. The van der Waals surface area contributed by atoms with Crippen molar-refractivity contribution in [3.8, 4) is 0 Å². The van der Waals surface area contributed by atoms with Crippen molar-refractivity contribution in [1.29, 1.82) is 0 Å². The molecule has 2 N–H and O–H groups in total. The third kappa shape index (κ3) is 3.83. The summed E-state index contributed by atoms with van der Waals surface area (Å²) in [4.78, 5) is 26.0. The lowest BCUT2D eigenvalue weighted by molar-refractivity contribution is -0.298. The maximum Gasteiger partial charge on any atom is 0.334 e. The van der Waals surface area contributed by atoms with Crippen molar-refractivity contribution in [2.75, 3.05) is 0 Å². The molecule has 0 radical (unpaired) electrons. The fourth-order valence-electron chi connectivity index (χ4n) is 5.85. The number of ketones is 1. The predicted molar refractivity (Wildman–Crippen MR) is 126 cm³/mol. The molecule has 2 aromatic rings. The molecule has 5 rings (SSSR count). The summed E-state index contributed by atoms with van der Waals surface area (Å²) >= 11 is 0. The summed E-state index contributed by atoms with van der Waals surface area (Å²) in [5.74, 6) is -2.16. The maximum atomic E-state index is 13.3. The van der Waals surface area contributed by atoms with E-state index in [1.807, 2.05) is 67.6 Å². The lowest BCUT2D eigenvalue weighted by Gasteiger charge is -2.57. The second-order valence-electron chi connectivity index (χ2n) is 9.55. The SMILES string of the molecule is CCC[C@@]1(O)[C@H](OCc2ccccc2)[C@@H](OCc2ccccc2)[C@@H]2OC(=O)C3=CCC(=O)[C@@]1(O)[C@@H]32. The molecule has 2 aromatic carbocycles. The number of carbonyl (C=O) groups is 2. The number of Topliss-reactive ketones (excluding diaryl/α,β-unsaturated/α-hetero) is 1. The second-order valence-corrected chi connectivity index (χ2v) is 9.55. The van der Waals surface area contributed by atoms with Gasteiger partial charge in [0.15, 0.2) is 11.4 Å². The van der Waals surface area contributed by atoms with E-state index in [9.17, 15) is 19.8 Å². The minimum absolute atomic E-state index is 0.0879. The number of ether oxygens (including phenoxy) is 3. The van der Waals surface area contributed by atoms with Gasteiger partial charge in [0.25, 0.3) is 0 Å². The third-order valence-corrected chi connectivity index (χ3v) is 7.47. The number of hydrogen-bond donors (Lipinski definition) is 2. The van der Waals surface area contributed by atoms with Gasteiger partial charge in [-0.2, -0.15) is 0 Å². The van der Waals surface area contributed by atoms with Crippen LogP contribution in [0, 0.1) is 5.92 Å². The van der Waals surface area contributed by atoms with Gasteiger partial charge in [-0.3, -0.25) is 4.79 Å². The smallest absolute Gasteiger partial charge is 0.334 e. The molecular weight excluding hydrogens is 448 g/mol. The van der Waals surface area contributed by atoms with Crippen molar-refractivity contribution in [3.05, 3.63) is 83.4 Å². The largest absolute Gasteiger partial charge is 0.455 e. The van der Waals surface area contributed by atoms with E-state index in [0.717, 1.165) is 11.1 Å². The standard InChI is InChI=1S/C28H30O7/c1-2-15-27(31)25(34-17-19-11-7-4-8-12-19)24(33-16-18-9-5-3-6-10-18)23-22-20(26(30)35-23)13-14-21(29)28(22,27)32/h3-13,22-25,31-32H,2,14-17H2,1H3/t22-,23+,24-,25+,27+,28+/m0/s1. The van der Waals surface area contributed by atoms with E-state index >= 15 is 0 Å².